The Labute approximate surface area is 118 Å². The van der Waals surface area contributed by atoms with E-state index in [1.165, 1.54) is 4.31 Å². The molecule has 114 valence electrons. The molecule has 0 aromatic carbocycles. The third-order valence-electron chi connectivity index (χ3n) is 3.64. The highest BCUT2D eigenvalue weighted by Crippen LogP contribution is 2.05. The summed E-state index contributed by atoms with van der Waals surface area (Å²) in [6.45, 7) is 1.75. The number of piperidine rings is 1. The van der Waals surface area contributed by atoms with Gasteiger partial charge in [-0.3, -0.25) is 9.59 Å². The fourth-order valence-electron chi connectivity index (χ4n) is 2.48. The van der Waals surface area contributed by atoms with Crippen LogP contribution in [0.5, 0.6) is 0 Å². The van der Waals surface area contributed by atoms with Gasteiger partial charge in [-0.2, -0.15) is 4.31 Å². The van der Waals surface area contributed by atoms with Crippen molar-refractivity contribution in [3.63, 3.8) is 0 Å². The molecule has 4 N–H and O–H groups in total. The van der Waals surface area contributed by atoms with Crippen LogP contribution in [0.2, 0.25) is 0 Å². The number of carbonyl (C=O) groups excluding carboxylic acids is 2. The van der Waals surface area contributed by atoms with Gasteiger partial charge in [0.15, 0.2) is 6.04 Å². The highest BCUT2D eigenvalue weighted by atomic mass is 32.2. The summed E-state index contributed by atoms with van der Waals surface area (Å²) in [4.78, 5) is 23.7. The molecule has 2 saturated heterocycles. The number of quaternary nitrogens is 1. The standard InChI is InChI=1S/C11H20N4O4S/c1-20(18,19)15-6-5-12-9(7-15)11(17)14-8-3-2-4-13-10(8)16/h8-9,12H,2-7H2,1H3,(H,13,16)(H,14,17)/p+1/t8-,9+/m0/s1. The molecule has 2 rings (SSSR count). The van der Waals surface area contributed by atoms with Crippen molar-refractivity contribution in [2.75, 3.05) is 32.4 Å². The van der Waals surface area contributed by atoms with E-state index in [0.29, 0.717) is 26.1 Å². The molecule has 0 aliphatic carbocycles. The molecule has 0 spiro atoms. The molecule has 20 heavy (non-hydrogen) atoms. The first kappa shape index (κ1) is 15.2. The number of hydrogen-bond donors (Lipinski definition) is 3. The Balaban J connectivity index is 1.93. The molecule has 0 bridgehead atoms. The molecular weight excluding hydrogens is 284 g/mol. The second-order valence-electron chi connectivity index (χ2n) is 5.25. The van der Waals surface area contributed by atoms with Crippen LogP contribution in [0.15, 0.2) is 0 Å². The zero-order valence-electron chi connectivity index (χ0n) is 11.5. The van der Waals surface area contributed by atoms with Gasteiger partial charge in [-0.1, -0.05) is 0 Å². The van der Waals surface area contributed by atoms with E-state index in [9.17, 15) is 18.0 Å². The highest BCUT2D eigenvalue weighted by molar-refractivity contribution is 7.88. The number of carbonyl (C=O) groups is 2. The van der Waals surface area contributed by atoms with E-state index < -0.39 is 22.1 Å². The van der Waals surface area contributed by atoms with Crippen LogP contribution in [0.1, 0.15) is 12.8 Å². The molecule has 8 nitrogen and oxygen atoms in total. The number of sulfonamides is 1. The molecule has 2 aliphatic rings. The number of rotatable bonds is 3. The van der Waals surface area contributed by atoms with Crippen LogP contribution in [-0.2, 0) is 19.6 Å². The average Bonchev–Trinajstić information content (AvgIpc) is 2.40. The Hall–Kier alpha value is -1.19. The summed E-state index contributed by atoms with van der Waals surface area (Å²) >= 11 is 0. The van der Waals surface area contributed by atoms with Crippen LogP contribution in [-0.4, -0.2) is 69.1 Å². The van der Waals surface area contributed by atoms with Gasteiger partial charge in [-0.25, -0.2) is 8.42 Å². The summed E-state index contributed by atoms with van der Waals surface area (Å²) in [7, 11) is -3.28. The lowest BCUT2D eigenvalue weighted by molar-refractivity contribution is -0.683. The first-order valence-electron chi connectivity index (χ1n) is 6.74. The lowest BCUT2D eigenvalue weighted by atomic mass is 10.1. The third-order valence-corrected chi connectivity index (χ3v) is 4.91. The Kier molecular flexibility index (Phi) is 4.61. The van der Waals surface area contributed by atoms with Crippen molar-refractivity contribution < 1.29 is 23.3 Å². The zero-order valence-corrected chi connectivity index (χ0v) is 12.3. The lowest BCUT2D eigenvalue weighted by Gasteiger charge is -2.30. The van der Waals surface area contributed by atoms with Crippen LogP contribution in [0.3, 0.4) is 0 Å². The van der Waals surface area contributed by atoms with Gasteiger partial charge in [-0.15, -0.1) is 0 Å². The number of nitrogens with one attached hydrogen (secondary N) is 2. The molecule has 0 unspecified atom stereocenters. The van der Waals surface area contributed by atoms with E-state index in [1.807, 2.05) is 5.32 Å². The summed E-state index contributed by atoms with van der Waals surface area (Å²) in [6.07, 6.45) is 2.60. The predicted octanol–water partition coefficient (Wildman–Crippen LogP) is -3.41. The topological polar surface area (TPSA) is 112 Å². The molecule has 0 saturated carbocycles. The van der Waals surface area contributed by atoms with E-state index in [2.05, 4.69) is 10.6 Å². The van der Waals surface area contributed by atoms with Crippen LogP contribution in [0.4, 0.5) is 0 Å². The Morgan fingerprint density at radius 3 is 2.90 bits per heavy atom. The number of nitrogens with two attached hydrogens (primary N) is 1. The first-order valence-corrected chi connectivity index (χ1v) is 8.59. The predicted molar refractivity (Wildman–Crippen MR) is 71.2 cm³/mol. The molecule has 0 aromatic rings. The van der Waals surface area contributed by atoms with Gasteiger partial charge in [0, 0.05) is 6.54 Å². The quantitative estimate of drug-likeness (QED) is 0.504. The molecule has 2 aliphatic heterocycles. The van der Waals surface area contributed by atoms with Crippen LogP contribution in [0, 0.1) is 0 Å². The van der Waals surface area contributed by atoms with E-state index in [-0.39, 0.29) is 18.4 Å². The number of nitrogens with zero attached hydrogens (tertiary/aromatic N) is 1. The van der Waals surface area contributed by atoms with Gasteiger partial charge < -0.3 is 16.0 Å². The van der Waals surface area contributed by atoms with Crippen molar-refractivity contribution in [3.05, 3.63) is 0 Å². The van der Waals surface area contributed by atoms with Crippen molar-refractivity contribution in [1.82, 2.24) is 14.9 Å². The molecule has 9 heteroatoms. The van der Waals surface area contributed by atoms with E-state index in [4.69, 9.17) is 0 Å². The largest absolute Gasteiger partial charge is 0.354 e. The molecule has 0 aromatic heterocycles. The van der Waals surface area contributed by atoms with Crippen molar-refractivity contribution in [1.29, 1.82) is 0 Å². The first-order chi connectivity index (χ1) is 9.38. The number of piperazine rings is 1. The second-order valence-corrected chi connectivity index (χ2v) is 7.23. The molecule has 2 fully saturated rings. The highest BCUT2D eigenvalue weighted by Gasteiger charge is 2.35. The average molecular weight is 305 g/mol. The Morgan fingerprint density at radius 1 is 1.50 bits per heavy atom. The summed E-state index contributed by atoms with van der Waals surface area (Å²) in [5.74, 6) is -0.444. The minimum Gasteiger partial charge on any atom is -0.354 e. The van der Waals surface area contributed by atoms with Crippen molar-refractivity contribution in [3.8, 4) is 0 Å². The van der Waals surface area contributed by atoms with Crippen LogP contribution >= 0.6 is 0 Å². The molecule has 2 atom stereocenters. The van der Waals surface area contributed by atoms with Crippen molar-refractivity contribution in [2.24, 2.45) is 0 Å². The minimum absolute atomic E-state index is 0.152. The van der Waals surface area contributed by atoms with Gasteiger partial charge in [0.1, 0.15) is 6.04 Å². The molecular formula is C11H21N4O4S+. The Bertz CT molecular complexity index is 493. The summed E-state index contributed by atoms with van der Waals surface area (Å²) in [5.41, 5.74) is 0. The third kappa shape index (κ3) is 3.68. The van der Waals surface area contributed by atoms with Crippen LogP contribution < -0.4 is 16.0 Å². The zero-order chi connectivity index (χ0) is 14.8. The SMILES string of the molecule is CS(=O)(=O)N1CC[NH2+][C@@H](C(=O)N[C@H]2CCCNC2=O)C1. The molecule has 0 radical (unpaired) electrons. The fraction of sp³-hybridized carbons (Fsp3) is 0.818. The Morgan fingerprint density at radius 2 is 2.25 bits per heavy atom. The maximum atomic E-state index is 12.1. The van der Waals surface area contributed by atoms with E-state index in [0.717, 1.165) is 12.7 Å². The van der Waals surface area contributed by atoms with Gasteiger partial charge >= 0.3 is 0 Å². The number of hydrogen-bond acceptors (Lipinski definition) is 4. The summed E-state index contributed by atoms with van der Waals surface area (Å²) in [6, 6.07) is -0.994. The van der Waals surface area contributed by atoms with Crippen molar-refractivity contribution >= 4 is 21.8 Å². The maximum Gasteiger partial charge on any atom is 0.280 e. The van der Waals surface area contributed by atoms with Gasteiger partial charge in [0.25, 0.3) is 5.91 Å². The van der Waals surface area contributed by atoms with Crippen molar-refractivity contribution in [2.45, 2.75) is 24.9 Å². The summed E-state index contributed by atoms with van der Waals surface area (Å²) in [5, 5.41) is 7.23. The molecule has 2 amide bonds. The number of amides is 2. The van der Waals surface area contributed by atoms with E-state index in [1.54, 1.807) is 0 Å². The monoisotopic (exact) mass is 305 g/mol. The fourth-order valence-corrected chi connectivity index (χ4v) is 3.35. The normalized spacial score (nSPS) is 28.8. The van der Waals surface area contributed by atoms with E-state index >= 15 is 0 Å². The lowest BCUT2D eigenvalue weighted by Crippen LogP contribution is -2.98. The second kappa shape index (κ2) is 6.06. The van der Waals surface area contributed by atoms with Gasteiger partial charge in [0.2, 0.25) is 15.9 Å². The maximum absolute atomic E-state index is 12.1. The van der Waals surface area contributed by atoms with Gasteiger partial charge in [0.05, 0.1) is 25.9 Å². The van der Waals surface area contributed by atoms with Crippen LogP contribution in [0.25, 0.3) is 0 Å². The van der Waals surface area contributed by atoms with Gasteiger partial charge in [-0.05, 0) is 12.8 Å². The minimum atomic E-state index is -3.28. The molecule has 2 heterocycles. The summed E-state index contributed by atoms with van der Waals surface area (Å²) < 4.78 is 24.3. The smallest absolute Gasteiger partial charge is 0.280 e.